The quantitative estimate of drug-likeness (QED) is 0.612. The fourth-order valence-electron chi connectivity index (χ4n) is 3.49. The molecule has 1 aliphatic rings. The van der Waals surface area contributed by atoms with Gasteiger partial charge in [-0.1, -0.05) is 36.4 Å². The van der Waals surface area contributed by atoms with E-state index in [1.165, 1.54) is 5.56 Å². The summed E-state index contributed by atoms with van der Waals surface area (Å²) in [5.41, 5.74) is 4.48. The molecule has 29 heavy (non-hydrogen) atoms. The summed E-state index contributed by atoms with van der Waals surface area (Å²) < 4.78 is 30.7. The summed E-state index contributed by atoms with van der Waals surface area (Å²) in [4.78, 5) is 14.6. The van der Waals surface area contributed by atoms with E-state index < -0.39 is 22.0 Å². The highest BCUT2D eigenvalue weighted by Gasteiger charge is 2.21. The average molecular weight is 410 g/mol. The molecule has 0 saturated carbocycles. The Bertz CT molecular complexity index is 1170. The Balaban J connectivity index is 1.39. The van der Waals surface area contributed by atoms with Gasteiger partial charge in [0.2, 0.25) is 0 Å². The van der Waals surface area contributed by atoms with E-state index in [9.17, 15) is 13.2 Å². The van der Waals surface area contributed by atoms with Gasteiger partial charge in [0.05, 0.1) is 4.90 Å². The fraction of sp³-hybridized carbons (Fsp3) is 0.227. The highest BCUT2D eigenvalue weighted by atomic mass is 32.2. The van der Waals surface area contributed by atoms with Crippen LogP contribution < -0.4 is 15.0 Å². The van der Waals surface area contributed by atoms with Crippen molar-refractivity contribution in [3.8, 4) is 5.75 Å². The number of aryl methyl sites for hydroxylation is 2. The molecule has 0 spiro atoms. The van der Waals surface area contributed by atoms with E-state index in [2.05, 4.69) is 10.3 Å². The summed E-state index contributed by atoms with van der Waals surface area (Å²) in [6.07, 6.45) is 2.01. The summed E-state index contributed by atoms with van der Waals surface area (Å²) in [6.45, 7) is 1.56. The van der Waals surface area contributed by atoms with Gasteiger partial charge in [0.1, 0.15) is 5.75 Å². The molecule has 0 bridgehead atoms. The van der Waals surface area contributed by atoms with Gasteiger partial charge in [-0.05, 0) is 72.4 Å². The van der Waals surface area contributed by atoms with E-state index in [-0.39, 0.29) is 4.90 Å². The van der Waals surface area contributed by atoms with Gasteiger partial charge in [-0.15, -0.1) is 4.83 Å². The standard InChI is InChI=1S/C22H22N2O4S/c1-15(28-20-11-9-16-5-2-3-6-18(16)13-20)22(25)23-24-29(26,27)21-12-10-17-7-4-8-19(17)14-21/h2-3,5-6,9-15,24H,4,7-8H2,1H3,(H,23,25)/t15-/m0/s1. The van der Waals surface area contributed by atoms with Crippen molar-refractivity contribution in [3.63, 3.8) is 0 Å². The lowest BCUT2D eigenvalue weighted by atomic mass is 10.1. The van der Waals surface area contributed by atoms with Gasteiger partial charge in [-0.2, -0.15) is 0 Å². The second kappa shape index (κ2) is 7.85. The van der Waals surface area contributed by atoms with Crippen molar-refractivity contribution in [2.45, 2.75) is 37.2 Å². The van der Waals surface area contributed by atoms with Crippen molar-refractivity contribution < 1.29 is 17.9 Å². The molecule has 1 aliphatic carbocycles. The molecule has 1 atom stereocenters. The Morgan fingerprint density at radius 1 is 0.966 bits per heavy atom. The number of sulfonamides is 1. The van der Waals surface area contributed by atoms with E-state index >= 15 is 0 Å². The number of nitrogens with one attached hydrogen (secondary N) is 2. The summed E-state index contributed by atoms with van der Waals surface area (Å²) in [6, 6.07) is 18.4. The molecule has 7 heteroatoms. The number of rotatable bonds is 6. The first-order valence-electron chi connectivity index (χ1n) is 9.51. The Morgan fingerprint density at radius 3 is 2.55 bits per heavy atom. The van der Waals surface area contributed by atoms with Crippen LogP contribution in [0, 0.1) is 0 Å². The monoisotopic (exact) mass is 410 g/mol. The molecule has 0 aromatic heterocycles. The maximum Gasteiger partial charge on any atom is 0.275 e. The summed E-state index contributed by atoms with van der Waals surface area (Å²) in [5.74, 6) is -0.0456. The molecule has 1 amide bonds. The lowest BCUT2D eigenvalue weighted by molar-refractivity contribution is -0.127. The predicted molar refractivity (Wildman–Crippen MR) is 111 cm³/mol. The third-order valence-electron chi connectivity index (χ3n) is 5.09. The molecule has 0 fully saturated rings. The molecule has 150 valence electrons. The number of hydrogen-bond acceptors (Lipinski definition) is 4. The minimum atomic E-state index is -3.85. The zero-order valence-corrected chi connectivity index (χ0v) is 16.8. The number of hydrazine groups is 1. The highest BCUT2D eigenvalue weighted by molar-refractivity contribution is 7.89. The van der Waals surface area contributed by atoms with E-state index in [0.29, 0.717) is 5.75 Å². The number of hydrogen-bond donors (Lipinski definition) is 2. The van der Waals surface area contributed by atoms with Crippen LogP contribution in [-0.2, 0) is 27.7 Å². The lowest BCUT2D eigenvalue weighted by Gasteiger charge is -2.16. The summed E-state index contributed by atoms with van der Waals surface area (Å²) in [5, 5.41) is 2.06. The van der Waals surface area contributed by atoms with Gasteiger partial charge < -0.3 is 4.74 Å². The molecule has 0 heterocycles. The third-order valence-corrected chi connectivity index (χ3v) is 6.34. The van der Waals surface area contributed by atoms with Crippen LogP contribution in [0.4, 0.5) is 0 Å². The lowest BCUT2D eigenvalue weighted by Crippen LogP contribution is -2.47. The largest absolute Gasteiger partial charge is 0.481 e. The van der Waals surface area contributed by atoms with Gasteiger partial charge in [0, 0.05) is 0 Å². The van der Waals surface area contributed by atoms with Crippen molar-refractivity contribution in [2.24, 2.45) is 0 Å². The molecule has 0 radical (unpaired) electrons. The van der Waals surface area contributed by atoms with E-state index in [1.54, 1.807) is 25.1 Å². The summed E-state index contributed by atoms with van der Waals surface area (Å²) >= 11 is 0. The van der Waals surface area contributed by atoms with Crippen LogP contribution in [0.1, 0.15) is 24.5 Å². The Labute approximate surface area is 169 Å². The van der Waals surface area contributed by atoms with E-state index in [0.717, 1.165) is 35.6 Å². The minimum Gasteiger partial charge on any atom is -0.481 e. The normalized spacial score (nSPS) is 14.4. The highest BCUT2D eigenvalue weighted by Crippen LogP contribution is 2.24. The average Bonchev–Trinajstić information content (AvgIpc) is 3.20. The first-order valence-corrected chi connectivity index (χ1v) is 11.0. The van der Waals surface area contributed by atoms with Crippen molar-refractivity contribution >= 4 is 26.7 Å². The molecule has 6 nitrogen and oxygen atoms in total. The van der Waals surface area contributed by atoms with Crippen LogP contribution in [0.15, 0.2) is 65.6 Å². The zero-order chi connectivity index (χ0) is 20.4. The maximum atomic E-state index is 12.5. The van der Waals surface area contributed by atoms with Crippen molar-refractivity contribution in [2.75, 3.05) is 0 Å². The molecule has 3 aromatic rings. The predicted octanol–water partition coefficient (Wildman–Crippen LogP) is 3.11. The van der Waals surface area contributed by atoms with Crippen LogP contribution in [0.3, 0.4) is 0 Å². The first-order chi connectivity index (χ1) is 13.9. The second-order valence-corrected chi connectivity index (χ2v) is 8.83. The molecule has 0 unspecified atom stereocenters. The summed E-state index contributed by atoms with van der Waals surface area (Å²) in [7, 11) is -3.85. The van der Waals surface area contributed by atoms with E-state index in [1.807, 2.05) is 42.5 Å². The SMILES string of the molecule is C[C@H](Oc1ccc2ccccc2c1)C(=O)NNS(=O)(=O)c1ccc2c(c1)CCC2. The molecule has 3 aromatic carbocycles. The molecule has 2 N–H and O–H groups in total. The first kappa shape index (κ1) is 19.4. The number of carbonyl (C=O) groups excluding carboxylic acids is 1. The van der Waals surface area contributed by atoms with Gasteiger partial charge in [-0.25, -0.2) is 8.42 Å². The Hall–Kier alpha value is -2.90. The number of benzene rings is 3. The van der Waals surface area contributed by atoms with Crippen LogP contribution in [-0.4, -0.2) is 20.4 Å². The number of fused-ring (bicyclic) bond motifs is 2. The zero-order valence-electron chi connectivity index (χ0n) is 16.0. The number of carbonyl (C=O) groups is 1. The smallest absolute Gasteiger partial charge is 0.275 e. The van der Waals surface area contributed by atoms with Gasteiger partial charge in [0.15, 0.2) is 6.10 Å². The second-order valence-electron chi connectivity index (χ2n) is 7.15. The maximum absolute atomic E-state index is 12.5. The number of ether oxygens (including phenoxy) is 1. The number of amides is 1. The van der Waals surface area contributed by atoms with Gasteiger partial charge in [0.25, 0.3) is 15.9 Å². The topological polar surface area (TPSA) is 84.5 Å². The molecule has 0 saturated heterocycles. The van der Waals surface area contributed by atoms with Crippen LogP contribution >= 0.6 is 0 Å². The van der Waals surface area contributed by atoms with Crippen molar-refractivity contribution in [3.05, 3.63) is 71.8 Å². The van der Waals surface area contributed by atoms with Crippen molar-refractivity contribution in [1.82, 2.24) is 10.3 Å². The Morgan fingerprint density at radius 2 is 1.72 bits per heavy atom. The molecular formula is C22H22N2O4S. The van der Waals surface area contributed by atoms with Crippen molar-refractivity contribution in [1.29, 1.82) is 0 Å². The van der Waals surface area contributed by atoms with Crippen LogP contribution in [0.2, 0.25) is 0 Å². The molecule has 4 rings (SSSR count). The van der Waals surface area contributed by atoms with Crippen LogP contribution in [0.25, 0.3) is 10.8 Å². The van der Waals surface area contributed by atoms with Gasteiger partial charge >= 0.3 is 0 Å². The van der Waals surface area contributed by atoms with E-state index in [4.69, 9.17) is 4.74 Å². The minimum absolute atomic E-state index is 0.140. The van der Waals surface area contributed by atoms with Crippen LogP contribution in [0.5, 0.6) is 5.75 Å². The molecular weight excluding hydrogens is 388 g/mol. The Kier molecular flexibility index (Phi) is 5.25. The fourth-order valence-corrected chi connectivity index (χ4v) is 4.39. The molecule has 0 aliphatic heterocycles. The third kappa shape index (κ3) is 4.26. The van der Waals surface area contributed by atoms with Gasteiger partial charge in [-0.3, -0.25) is 10.2 Å².